The number of nitrogens with zero attached hydrogens (tertiary/aromatic N) is 1. The number of benzene rings is 1. The number of nitrogens with one attached hydrogen (secondary N) is 1. The van der Waals surface area contributed by atoms with Crippen molar-refractivity contribution in [1.82, 2.24) is 10.2 Å². The number of carbonyl (C=O) groups excluding carboxylic acids is 1. The van der Waals surface area contributed by atoms with Gasteiger partial charge in [0.05, 0.1) is 6.61 Å². The van der Waals surface area contributed by atoms with Crippen LogP contribution in [0, 0.1) is 0 Å². The maximum atomic E-state index is 11.4. The zero-order chi connectivity index (χ0) is 17.9. The van der Waals surface area contributed by atoms with E-state index in [1.54, 1.807) is 13.0 Å². The molecular weight excluding hydrogens is 316 g/mol. The first-order valence-electron chi connectivity index (χ1n) is 9.25. The summed E-state index contributed by atoms with van der Waals surface area (Å²) in [6.07, 6.45) is 6.49. The van der Waals surface area contributed by atoms with Crippen molar-refractivity contribution in [1.29, 1.82) is 0 Å². The zero-order valence-corrected chi connectivity index (χ0v) is 15.1. The predicted octanol–water partition coefficient (Wildman–Crippen LogP) is 2.37. The van der Waals surface area contributed by atoms with Crippen LogP contribution in [-0.2, 0) is 9.53 Å². The molecule has 0 amide bonds. The second-order valence-corrected chi connectivity index (χ2v) is 6.27. The van der Waals surface area contributed by atoms with Crippen LogP contribution in [0.4, 0.5) is 0 Å². The lowest BCUT2D eigenvalue weighted by molar-refractivity contribution is -0.137. The molecule has 1 saturated heterocycles. The van der Waals surface area contributed by atoms with Crippen LogP contribution in [0.2, 0.25) is 0 Å². The summed E-state index contributed by atoms with van der Waals surface area (Å²) >= 11 is 0. The van der Waals surface area contributed by atoms with Gasteiger partial charge in [0.25, 0.3) is 0 Å². The first-order valence-corrected chi connectivity index (χ1v) is 9.25. The average Bonchev–Trinajstić information content (AvgIpc) is 3.09. The highest BCUT2D eigenvalue weighted by molar-refractivity contribution is 5.87. The van der Waals surface area contributed by atoms with Gasteiger partial charge in [-0.15, -0.1) is 0 Å². The summed E-state index contributed by atoms with van der Waals surface area (Å²) in [6.45, 7) is 6.44. The molecule has 1 unspecified atom stereocenters. The molecule has 0 saturated carbocycles. The lowest BCUT2D eigenvalue weighted by atomic mass is 10.0. The Kier molecular flexibility index (Phi) is 8.66. The number of aliphatic hydroxyl groups is 1. The van der Waals surface area contributed by atoms with E-state index in [-0.39, 0.29) is 12.6 Å². The molecule has 1 aliphatic rings. The molecule has 0 radical (unpaired) electrons. The second kappa shape index (κ2) is 11.0. The molecule has 5 nitrogen and oxygen atoms in total. The van der Waals surface area contributed by atoms with Crippen molar-refractivity contribution >= 4 is 12.0 Å². The maximum Gasteiger partial charge on any atom is 0.330 e. The Labute approximate surface area is 150 Å². The Morgan fingerprint density at radius 1 is 1.36 bits per heavy atom. The van der Waals surface area contributed by atoms with Gasteiger partial charge in [-0.3, -0.25) is 4.90 Å². The molecule has 25 heavy (non-hydrogen) atoms. The predicted molar refractivity (Wildman–Crippen MR) is 100 cm³/mol. The highest BCUT2D eigenvalue weighted by Gasteiger charge is 2.25. The topological polar surface area (TPSA) is 61.8 Å². The van der Waals surface area contributed by atoms with Crippen LogP contribution in [0.15, 0.2) is 30.3 Å². The van der Waals surface area contributed by atoms with E-state index in [1.165, 1.54) is 24.5 Å². The van der Waals surface area contributed by atoms with E-state index in [4.69, 9.17) is 9.84 Å². The normalized spacial score (nSPS) is 18.1. The fourth-order valence-corrected chi connectivity index (χ4v) is 3.21. The number of hydrogen-bond acceptors (Lipinski definition) is 5. The summed E-state index contributed by atoms with van der Waals surface area (Å²) in [6, 6.07) is 8.91. The smallest absolute Gasteiger partial charge is 0.330 e. The van der Waals surface area contributed by atoms with Gasteiger partial charge in [0, 0.05) is 31.8 Å². The lowest BCUT2D eigenvalue weighted by Gasteiger charge is -2.25. The molecule has 0 aromatic heterocycles. The largest absolute Gasteiger partial charge is 0.463 e. The van der Waals surface area contributed by atoms with E-state index < -0.39 is 0 Å². The van der Waals surface area contributed by atoms with Crippen LogP contribution in [0.5, 0.6) is 0 Å². The molecular formula is C20H30N2O3. The first kappa shape index (κ1) is 19.6. The first-order chi connectivity index (χ1) is 12.2. The summed E-state index contributed by atoms with van der Waals surface area (Å²) in [5.74, 6) is -0.303. The van der Waals surface area contributed by atoms with E-state index in [9.17, 15) is 4.79 Å². The van der Waals surface area contributed by atoms with Gasteiger partial charge >= 0.3 is 5.97 Å². The molecule has 2 N–H and O–H groups in total. The quantitative estimate of drug-likeness (QED) is 0.387. The molecule has 1 heterocycles. The van der Waals surface area contributed by atoms with Crippen molar-refractivity contribution in [2.75, 3.05) is 39.4 Å². The summed E-state index contributed by atoms with van der Waals surface area (Å²) < 4.78 is 4.89. The van der Waals surface area contributed by atoms with Gasteiger partial charge in [0.15, 0.2) is 0 Å². The number of likely N-dealkylation sites (tertiary alicyclic amines) is 1. The Balaban J connectivity index is 1.86. The third-order valence-corrected chi connectivity index (χ3v) is 4.47. The lowest BCUT2D eigenvalue weighted by Crippen LogP contribution is -2.32. The maximum absolute atomic E-state index is 11.4. The number of rotatable bonds is 10. The van der Waals surface area contributed by atoms with Crippen molar-refractivity contribution in [3.8, 4) is 0 Å². The van der Waals surface area contributed by atoms with Gasteiger partial charge in [-0.05, 0) is 56.5 Å². The molecule has 1 atom stereocenters. The summed E-state index contributed by atoms with van der Waals surface area (Å²) in [4.78, 5) is 13.9. The van der Waals surface area contributed by atoms with Gasteiger partial charge in [-0.25, -0.2) is 4.79 Å². The SMILES string of the molecule is CCOC(=O)C=Cc1ccc(C2CCCN2CCNCCCO)cc1. The highest BCUT2D eigenvalue weighted by atomic mass is 16.5. The minimum absolute atomic E-state index is 0.246. The summed E-state index contributed by atoms with van der Waals surface area (Å²) in [5.41, 5.74) is 2.34. The molecule has 1 aromatic carbocycles. The number of hydrogen-bond donors (Lipinski definition) is 2. The third-order valence-electron chi connectivity index (χ3n) is 4.47. The van der Waals surface area contributed by atoms with E-state index in [0.717, 1.165) is 38.2 Å². The van der Waals surface area contributed by atoms with Crippen LogP contribution in [-0.4, -0.2) is 55.4 Å². The van der Waals surface area contributed by atoms with E-state index in [2.05, 4.69) is 34.5 Å². The Hall–Kier alpha value is -1.69. The number of ether oxygens (including phenoxy) is 1. The summed E-state index contributed by atoms with van der Waals surface area (Å²) in [7, 11) is 0. The van der Waals surface area contributed by atoms with Crippen molar-refractivity contribution in [2.45, 2.75) is 32.2 Å². The van der Waals surface area contributed by atoms with Crippen LogP contribution in [0.25, 0.3) is 6.08 Å². The summed E-state index contributed by atoms with van der Waals surface area (Å²) in [5, 5.41) is 12.2. The molecule has 0 bridgehead atoms. The Morgan fingerprint density at radius 2 is 2.16 bits per heavy atom. The molecule has 138 valence electrons. The molecule has 1 aliphatic heterocycles. The van der Waals surface area contributed by atoms with Crippen LogP contribution in [0.3, 0.4) is 0 Å². The minimum Gasteiger partial charge on any atom is -0.463 e. The van der Waals surface area contributed by atoms with Gasteiger partial charge in [-0.1, -0.05) is 24.3 Å². The number of esters is 1. The van der Waals surface area contributed by atoms with Crippen molar-refractivity contribution in [3.63, 3.8) is 0 Å². The van der Waals surface area contributed by atoms with Gasteiger partial charge < -0.3 is 15.2 Å². The highest BCUT2D eigenvalue weighted by Crippen LogP contribution is 2.31. The zero-order valence-electron chi connectivity index (χ0n) is 15.1. The van der Waals surface area contributed by atoms with E-state index in [1.807, 2.05) is 0 Å². The molecule has 0 spiro atoms. The fraction of sp³-hybridized carbons (Fsp3) is 0.550. The van der Waals surface area contributed by atoms with E-state index >= 15 is 0 Å². The van der Waals surface area contributed by atoms with Crippen LogP contribution in [0.1, 0.15) is 43.4 Å². The fourth-order valence-electron chi connectivity index (χ4n) is 3.21. The number of carbonyl (C=O) groups is 1. The number of aliphatic hydroxyl groups excluding tert-OH is 1. The second-order valence-electron chi connectivity index (χ2n) is 6.27. The molecule has 1 aromatic rings. The van der Waals surface area contributed by atoms with Gasteiger partial charge in [0.1, 0.15) is 0 Å². The monoisotopic (exact) mass is 346 g/mol. The minimum atomic E-state index is -0.303. The van der Waals surface area contributed by atoms with Crippen LogP contribution < -0.4 is 5.32 Å². The van der Waals surface area contributed by atoms with Crippen molar-refractivity contribution in [3.05, 3.63) is 41.5 Å². The van der Waals surface area contributed by atoms with Crippen molar-refractivity contribution < 1.29 is 14.6 Å². The van der Waals surface area contributed by atoms with Crippen LogP contribution >= 0.6 is 0 Å². The third kappa shape index (κ3) is 6.61. The molecule has 2 rings (SSSR count). The molecule has 5 heteroatoms. The van der Waals surface area contributed by atoms with Crippen molar-refractivity contribution in [2.24, 2.45) is 0 Å². The molecule has 1 fully saturated rings. The Morgan fingerprint density at radius 3 is 2.88 bits per heavy atom. The Bertz CT molecular complexity index is 542. The molecule has 0 aliphatic carbocycles. The van der Waals surface area contributed by atoms with Gasteiger partial charge in [-0.2, -0.15) is 0 Å². The van der Waals surface area contributed by atoms with Gasteiger partial charge in [0.2, 0.25) is 0 Å². The van der Waals surface area contributed by atoms with E-state index in [0.29, 0.717) is 12.6 Å². The standard InChI is InChI=1S/C20H30N2O3/c1-2-25-20(24)11-8-17-6-9-18(10-7-17)19-5-3-14-22(19)15-13-21-12-4-16-23/h6-11,19,21,23H,2-5,12-16H2,1H3. The average molecular weight is 346 g/mol.